The molecule has 2 rings (SSSR count). The highest BCUT2D eigenvalue weighted by Crippen LogP contribution is 2.55. The fourth-order valence-electron chi connectivity index (χ4n) is 2.91. The van der Waals surface area contributed by atoms with E-state index in [4.69, 9.17) is 5.11 Å². The van der Waals surface area contributed by atoms with Crippen LogP contribution in [0.2, 0.25) is 0 Å². The Labute approximate surface area is 97.6 Å². The number of carbonyl (C=O) groups is 1. The summed E-state index contributed by atoms with van der Waals surface area (Å²) in [6, 6.07) is 0.657. The largest absolute Gasteiger partial charge is 0.481 e. The Bertz CT molecular complexity index is 274. The van der Waals surface area contributed by atoms with Crippen molar-refractivity contribution in [3.05, 3.63) is 0 Å². The Hall–Kier alpha value is -0.570. The lowest BCUT2D eigenvalue weighted by Crippen LogP contribution is -2.52. The molecule has 3 nitrogen and oxygen atoms in total. The van der Waals surface area contributed by atoms with Crippen LogP contribution in [-0.2, 0) is 4.79 Å². The number of nitrogens with one attached hydrogen (secondary N) is 1. The Balaban J connectivity index is 1.61. The van der Waals surface area contributed by atoms with Gasteiger partial charge in [0.15, 0.2) is 0 Å². The number of rotatable bonds is 5. The summed E-state index contributed by atoms with van der Waals surface area (Å²) in [6.45, 7) is 4.43. The highest BCUT2D eigenvalue weighted by molar-refractivity contribution is 5.73. The zero-order valence-corrected chi connectivity index (χ0v) is 10.4. The van der Waals surface area contributed by atoms with Gasteiger partial charge < -0.3 is 10.4 Å². The fraction of sp³-hybridized carbons (Fsp3) is 0.923. The van der Waals surface area contributed by atoms with Crippen LogP contribution < -0.4 is 5.32 Å². The second kappa shape index (κ2) is 4.02. The summed E-state index contributed by atoms with van der Waals surface area (Å²) in [7, 11) is 0. The molecular formula is C13H23NO2. The van der Waals surface area contributed by atoms with Gasteiger partial charge in [-0.3, -0.25) is 4.79 Å². The molecule has 2 aliphatic rings. The molecule has 2 saturated carbocycles. The third-order valence-corrected chi connectivity index (χ3v) is 4.54. The summed E-state index contributed by atoms with van der Waals surface area (Å²) in [5, 5.41) is 12.5. The molecule has 0 radical (unpaired) electrons. The van der Waals surface area contributed by atoms with Gasteiger partial charge in [-0.2, -0.15) is 0 Å². The van der Waals surface area contributed by atoms with Gasteiger partial charge in [-0.15, -0.1) is 0 Å². The van der Waals surface area contributed by atoms with E-state index in [1.165, 1.54) is 32.1 Å². The molecule has 2 aliphatic carbocycles. The van der Waals surface area contributed by atoms with E-state index in [2.05, 4.69) is 5.32 Å². The molecule has 0 aromatic heterocycles. The van der Waals surface area contributed by atoms with Crippen molar-refractivity contribution in [1.82, 2.24) is 5.32 Å². The topological polar surface area (TPSA) is 49.3 Å². The van der Waals surface area contributed by atoms with Crippen LogP contribution in [0.25, 0.3) is 0 Å². The molecule has 0 atom stereocenters. The van der Waals surface area contributed by atoms with Crippen LogP contribution in [0.1, 0.15) is 52.4 Å². The molecule has 0 unspecified atom stereocenters. The smallest absolute Gasteiger partial charge is 0.309 e. The van der Waals surface area contributed by atoms with Gasteiger partial charge in [-0.25, -0.2) is 0 Å². The summed E-state index contributed by atoms with van der Waals surface area (Å²) in [4.78, 5) is 10.9. The van der Waals surface area contributed by atoms with Crippen molar-refractivity contribution < 1.29 is 9.90 Å². The SMILES string of the molecule is CC(C)(CCNC1CC2(CCC2)C1)C(=O)O. The Kier molecular flexibility index (Phi) is 2.99. The van der Waals surface area contributed by atoms with Crippen molar-refractivity contribution in [2.24, 2.45) is 10.8 Å². The molecule has 0 aliphatic heterocycles. The van der Waals surface area contributed by atoms with Crippen molar-refractivity contribution >= 4 is 5.97 Å². The first-order valence-electron chi connectivity index (χ1n) is 6.40. The molecule has 0 aromatic rings. The van der Waals surface area contributed by atoms with E-state index in [-0.39, 0.29) is 0 Å². The quantitative estimate of drug-likeness (QED) is 0.755. The summed E-state index contributed by atoms with van der Waals surface area (Å²) in [5.74, 6) is -0.696. The van der Waals surface area contributed by atoms with Crippen molar-refractivity contribution in [3.8, 4) is 0 Å². The maximum atomic E-state index is 10.9. The monoisotopic (exact) mass is 225 g/mol. The molecule has 0 bridgehead atoms. The van der Waals surface area contributed by atoms with E-state index >= 15 is 0 Å². The van der Waals surface area contributed by atoms with Crippen LogP contribution in [0.4, 0.5) is 0 Å². The van der Waals surface area contributed by atoms with Crippen LogP contribution in [0.3, 0.4) is 0 Å². The Morgan fingerprint density at radius 3 is 2.50 bits per heavy atom. The van der Waals surface area contributed by atoms with Crippen LogP contribution in [-0.4, -0.2) is 23.7 Å². The summed E-state index contributed by atoms with van der Waals surface area (Å²) >= 11 is 0. The van der Waals surface area contributed by atoms with Gasteiger partial charge in [-0.1, -0.05) is 6.42 Å². The van der Waals surface area contributed by atoms with E-state index in [1.807, 2.05) is 0 Å². The zero-order valence-electron chi connectivity index (χ0n) is 10.4. The van der Waals surface area contributed by atoms with E-state index in [0.717, 1.165) is 6.54 Å². The highest BCUT2D eigenvalue weighted by Gasteiger charge is 2.47. The summed E-state index contributed by atoms with van der Waals surface area (Å²) < 4.78 is 0. The lowest BCUT2D eigenvalue weighted by molar-refractivity contribution is -0.147. The third-order valence-electron chi connectivity index (χ3n) is 4.54. The van der Waals surface area contributed by atoms with E-state index in [0.29, 0.717) is 17.9 Å². The normalized spacial score (nSPS) is 23.9. The van der Waals surface area contributed by atoms with Crippen molar-refractivity contribution in [1.29, 1.82) is 0 Å². The molecule has 2 fully saturated rings. The average molecular weight is 225 g/mol. The van der Waals surface area contributed by atoms with Gasteiger partial charge in [0.05, 0.1) is 5.41 Å². The molecule has 0 heterocycles. The molecule has 0 amide bonds. The van der Waals surface area contributed by atoms with Gasteiger partial charge in [-0.05, 0) is 57.9 Å². The molecule has 1 spiro atoms. The first-order valence-corrected chi connectivity index (χ1v) is 6.40. The van der Waals surface area contributed by atoms with E-state index in [1.54, 1.807) is 13.8 Å². The lowest BCUT2D eigenvalue weighted by atomic mass is 9.54. The fourth-order valence-corrected chi connectivity index (χ4v) is 2.91. The Morgan fingerprint density at radius 2 is 2.06 bits per heavy atom. The molecular weight excluding hydrogens is 202 g/mol. The van der Waals surface area contributed by atoms with Crippen LogP contribution >= 0.6 is 0 Å². The minimum Gasteiger partial charge on any atom is -0.481 e. The summed E-state index contributed by atoms with van der Waals surface area (Å²) in [5.41, 5.74) is 0.116. The number of carboxylic acid groups (broad SMARTS) is 1. The van der Waals surface area contributed by atoms with Crippen LogP contribution in [0.15, 0.2) is 0 Å². The molecule has 0 saturated heterocycles. The van der Waals surface area contributed by atoms with Crippen molar-refractivity contribution in [2.45, 2.75) is 58.4 Å². The Morgan fingerprint density at radius 1 is 1.44 bits per heavy atom. The maximum Gasteiger partial charge on any atom is 0.309 e. The van der Waals surface area contributed by atoms with Crippen LogP contribution in [0, 0.1) is 10.8 Å². The maximum absolute atomic E-state index is 10.9. The number of hydrogen-bond donors (Lipinski definition) is 2. The molecule has 2 N–H and O–H groups in total. The van der Waals surface area contributed by atoms with Gasteiger partial charge in [0, 0.05) is 6.04 Å². The molecule has 16 heavy (non-hydrogen) atoms. The summed E-state index contributed by atoms with van der Waals surface area (Å²) in [6.07, 6.45) is 7.61. The van der Waals surface area contributed by atoms with Gasteiger partial charge in [0.25, 0.3) is 0 Å². The van der Waals surface area contributed by atoms with E-state index < -0.39 is 11.4 Å². The molecule has 3 heteroatoms. The number of carboxylic acids is 1. The average Bonchev–Trinajstić information content (AvgIpc) is 2.05. The number of aliphatic carboxylic acids is 1. The standard InChI is InChI=1S/C13H23NO2/c1-12(2,11(15)16)6-7-14-10-8-13(9-10)4-3-5-13/h10,14H,3-9H2,1-2H3,(H,15,16). The predicted molar refractivity (Wildman–Crippen MR) is 63.3 cm³/mol. The van der Waals surface area contributed by atoms with Gasteiger partial charge in [0.1, 0.15) is 0 Å². The molecule has 0 aromatic carbocycles. The first kappa shape index (κ1) is 11.9. The minimum atomic E-state index is -0.696. The van der Waals surface area contributed by atoms with Crippen molar-refractivity contribution in [2.75, 3.05) is 6.54 Å². The minimum absolute atomic E-state index is 0.592. The zero-order chi connectivity index (χ0) is 11.8. The van der Waals surface area contributed by atoms with Crippen molar-refractivity contribution in [3.63, 3.8) is 0 Å². The van der Waals surface area contributed by atoms with Crippen LogP contribution in [0.5, 0.6) is 0 Å². The van der Waals surface area contributed by atoms with E-state index in [9.17, 15) is 4.79 Å². The number of hydrogen-bond acceptors (Lipinski definition) is 2. The second-order valence-electron chi connectivity index (χ2n) is 6.35. The van der Waals surface area contributed by atoms with Gasteiger partial charge >= 0.3 is 5.97 Å². The second-order valence-corrected chi connectivity index (χ2v) is 6.35. The van der Waals surface area contributed by atoms with Gasteiger partial charge in [0.2, 0.25) is 0 Å². The predicted octanol–water partition coefficient (Wildman–Crippen LogP) is 2.41. The lowest BCUT2D eigenvalue weighted by Gasteiger charge is -2.54. The molecule has 92 valence electrons. The first-order chi connectivity index (χ1) is 7.44. The highest BCUT2D eigenvalue weighted by atomic mass is 16.4. The third kappa shape index (κ3) is 2.24.